The zero-order chi connectivity index (χ0) is 21.6. The van der Waals surface area contributed by atoms with Crippen LogP contribution in [0, 0.1) is 0 Å². The summed E-state index contributed by atoms with van der Waals surface area (Å²) in [4.78, 5) is 23.5. The molecule has 0 radical (unpaired) electrons. The van der Waals surface area contributed by atoms with Crippen molar-refractivity contribution < 1.29 is 32.6 Å². The first-order valence-electron chi connectivity index (χ1n) is 9.02. The van der Waals surface area contributed by atoms with E-state index in [1.807, 2.05) is 0 Å². The van der Waals surface area contributed by atoms with Crippen LogP contribution in [0.15, 0.2) is 42.5 Å². The number of nitrogens with one attached hydrogen (secondary N) is 1. The molecule has 5 nitrogen and oxygen atoms in total. The second kappa shape index (κ2) is 9.45. The van der Waals surface area contributed by atoms with Crippen LogP contribution in [0.5, 0.6) is 5.75 Å². The van der Waals surface area contributed by atoms with Gasteiger partial charge in [0.05, 0.1) is 24.2 Å². The molecule has 0 fully saturated rings. The number of carboxylic acids is 1. The maximum atomic E-state index is 12.9. The Labute approximate surface area is 166 Å². The van der Waals surface area contributed by atoms with Crippen molar-refractivity contribution >= 4 is 11.9 Å². The number of rotatable bonds is 8. The third-order valence-electron chi connectivity index (χ3n) is 4.56. The molecule has 0 saturated carbocycles. The fourth-order valence-electron chi connectivity index (χ4n) is 2.95. The Kier molecular flexibility index (Phi) is 7.25. The largest absolute Gasteiger partial charge is 0.496 e. The van der Waals surface area contributed by atoms with Gasteiger partial charge in [0.1, 0.15) is 5.75 Å². The molecular weight excluding hydrogens is 387 g/mol. The van der Waals surface area contributed by atoms with Gasteiger partial charge in [0.25, 0.3) is 5.91 Å². The number of hydrogen-bond acceptors (Lipinski definition) is 3. The van der Waals surface area contributed by atoms with Gasteiger partial charge in [-0.25, -0.2) is 0 Å². The Morgan fingerprint density at radius 2 is 1.79 bits per heavy atom. The lowest BCUT2D eigenvalue weighted by molar-refractivity contribution is -0.139. The lowest BCUT2D eigenvalue weighted by Crippen LogP contribution is -2.26. The maximum absolute atomic E-state index is 12.9. The molecule has 0 aliphatic heterocycles. The van der Waals surface area contributed by atoms with E-state index in [1.54, 1.807) is 31.2 Å². The normalized spacial score (nSPS) is 12.3. The molecule has 29 heavy (non-hydrogen) atoms. The molecule has 0 heterocycles. The summed E-state index contributed by atoms with van der Waals surface area (Å²) in [6.45, 7) is 2.00. The second-order valence-corrected chi connectivity index (χ2v) is 6.46. The van der Waals surface area contributed by atoms with E-state index in [2.05, 4.69) is 5.32 Å². The molecule has 0 aromatic heterocycles. The van der Waals surface area contributed by atoms with Crippen LogP contribution in [0.2, 0.25) is 0 Å². The van der Waals surface area contributed by atoms with Gasteiger partial charge in [0.15, 0.2) is 0 Å². The van der Waals surface area contributed by atoms with Crippen LogP contribution in [-0.2, 0) is 17.4 Å². The maximum Gasteiger partial charge on any atom is 0.416 e. The standard InChI is InChI=1S/C21H22F3NO4/c1-3-16(20(27)28)14-6-4-13(5-7-14)10-11-25-19(26)17-12-15(21(22,23)24)8-9-18(17)29-2/h4-9,12,16H,3,10-11H2,1-2H3,(H,25,26)(H,27,28). The summed E-state index contributed by atoms with van der Waals surface area (Å²) < 4.78 is 43.7. The summed E-state index contributed by atoms with van der Waals surface area (Å²) in [5.74, 6) is -2.07. The Bertz CT molecular complexity index is 863. The zero-order valence-corrected chi connectivity index (χ0v) is 16.0. The quantitative estimate of drug-likeness (QED) is 0.683. The van der Waals surface area contributed by atoms with Gasteiger partial charge < -0.3 is 15.2 Å². The minimum Gasteiger partial charge on any atom is -0.496 e. The Morgan fingerprint density at radius 3 is 2.31 bits per heavy atom. The number of carbonyl (C=O) groups excluding carboxylic acids is 1. The first-order chi connectivity index (χ1) is 13.7. The predicted octanol–water partition coefficient (Wildman–Crippen LogP) is 4.26. The highest BCUT2D eigenvalue weighted by atomic mass is 19.4. The first-order valence-corrected chi connectivity index (χ1v) is 9.02. The average Bonchev–Trinajstić information content (AvgIpc) is 2.68. The van der Waals surface area contributed by atoms with Crippen molar-refractivity contribution in [3.8, 4) is 5.75 Å². The number of methoxy groups -OCH3 is 1. The molecule has 1 amide bonds. The summed E-state index contributed by atoms with van der Waals surface area (Å²) in [6, 6.07) is 9.75. The Hall–Kier alpha value is -3.03. The van der Waals surface area contributed by atoms with E-state index < -0.39 is 29.5 Å². The van der Waals surface area contributed by atoms with E-state index in [-0.39, 0.29) is 17.9 Å². The number of hydrogen-bond donors (Lipinski definition) is 2. The summed E-state index contributed by atoms with van der Waals surface area (Å²) >= 11 is 0. The monoisotopic (exact) mass is 409 g/mol. The highest BCUT2D eigenvalue weighted by molar-refractivity contribution is 5.97. The van der Waals surface area contributed by atoms with E-state index in [0.29, 0.717) is 18.4 Å². The number of aliphatic carboxylic acids is 1. The van der Waals surface area contributed by atoms with E-state index in [4.69, 9.17) is 4.74 Å². The number of carboxylic acid groups (broad SMARTS) is 1. The van der Waals surface area contributed by atoms with Gasteiger partial charge >= 0.3 is 12.1 Å². The van der Waals surface area contributed by atoms with Crippen molar-refractivity contribution in [2.45, 2.75) is 31.9 Å². The van der Waals surface area contributed by atoms with Gasteiger partial charge in [-0.05, 0) is 42.2 Å². The summed E-state index contributed by atoms with van der Waals surface area (Å²) in [5, 5.41) is 11.8. The molecular formula is C21H22F3NO4. The van der Waals surface area contributed by atoms with Crippen molar-refractivity contribution in [3.63, 3.8) is 0 Å². The number of halogens is 3. The van der Waals surface area contributed by atoms with Crippen LogP contribution < -0.4 is 10.1 Å². The van der Waals surface area contributed by atoms with Crippen LogP contribution in [0.1, 0.15) is 46.3 Å². The highest BCUT2D eigenvalue weighted by Crippen LogP contribution is 2.32. The van der Waals surface area contributed by atoms with E-state index in [9.17, 15) is 27.9 Å². The smallest absolute Gasteiger partial charge is 0.416 e. The SMILES string of the molecule is CCC(C(=O)O)c1ccc(CCNC(=O)c2cc(C(F)(F)F)ccc2OC)cc1. The number of carbonyl (C=O) groups is 2. The molecule has 0 aliphatic rings. The van der Waals surface area contributed by atoms with Gasteiger partial charge in [0, 0.05) is 6.54 Å². The number of benzene rings is 2. The first kappa shape index (κ1) is 22.3. The van der Waals surface area contributed by atoms with Crippen molar-refractivity contribution in [1.82, 2.24) is 5.32 Å². The summed E-state index contributed by atoms with van der Waals surface area (Å²) in [6.07, 6.45) is -3.64. The number of amides is 1. The van der Waals surface area contributed by atoms with Gasteiger partial charge in [-0.3, -0.25) is 9.59 Å². The Balaban J connectivity index is 2.02. The predicted molar refractivity (Wildman–Crippen MR) is 101 cm³/mol. The van der Waals surface area contributed by atoms with Crippen LogP contribution in [0.4, 0.5) is 13.2 Å². The molecule has 156 valence electrons. The molecule has 8 heteroatoms. The molecule has 1 atom stereocenters. The van der Waals surface area contributed by atoms with Crippen LogP contribution >= 0.6 is 0 Å². The molecule has 0 spiro atoms. The fourth-order valence-corrected chi connectivity index (χ4v) is 2.95. The van der Waals surface area contributed by atoms with E-state index in [0.717, 1.165) is 23.8 Å². The van der Waals surface area contributed by atoms with Gasteiger partial charge in [0.2, 0.25) is 0 Å². The molecule has 0 saturated heterocycles. The lowest BCUT2D eigenvalue weighted by atomic mass is 9.95. The minimum atomic E-state index is -4.56. The van der Waals surface area contributed by atoms with Crippen molar-refractivity contribution in [2.24, 2.45) is 0 Å². The van der Waals surface area contributed by atoms with Crippen molar-refractivity contribution in [2.75, 3.05) is 13.7 Å². The van der Waals surface area contributed by atoms with Crippen molar-refractivity contribution in [3.05, 3.63) is 64.7 Å². The summed E-state index contributed by atoms with van der Waals surface area (Å²) in [5.41, 5.74) is 0.444. The molecule has 0 bridgehead atoms. The van der Waals surface area contributed by atoms with Gasteiger partial charge in [-0.15, -0.1) is 0 Å². The molecule has 2 rings (SSSR count). The molecule has 2 N–H and O–H groups in total. The van der Waals surface area contributed by atoms with Crippen molar-refractivity contribution in [1.29, 1.82) is 0 Å². The third kappa shape index (κ3) is 5.73. The molecule has 2 aromatic carbocycles. The number of ether oxygens (including phenoxy) is 1. The van der Waals surface area contributed by atoms with Crippen LogP contribution in [-0.4, -0.2) is 30.6 Å². The second-order valence-electron chi connectivity index (χ2n) is 6.46. The highest BCUT2D eigenvalue weighted by Gasteiger charge is 2.32. The number of alkyl halides is 3. The van der Waals surface area contributed by atoms with Crippen LogP contribution in [0.3, 0.4) is 0 Å². The minimum absolute atomic E-state index is 0.0548. The topological polar surface area (TPSA) is 75.6 Å². The van der Waals surface area contributed by atoms with Gasteiger partial charge in [-0.2, -0.15) is 13.2 Å². The zero-order valence-electron chi connectivity index (χ0n) is 16.0. The average molecular weight is 409 g/mol. The Morgan fingerprint density at radius 1 is 1.14 bits per heavy atom. The fraction of sp³-hybridized carbons (Fsp3) is 0.333. The molecule has 2 aromatic rings. The third-order valence-corrected chi connectivity index (χ3v) is 4.56. The van der Waals surface area contributed by atoms with E-state index in [1.165, 1.54) is 7.11 Å². The van der Waals surface area contributed by atoms with Gasteiger partial charge in [-0.1, -0.05) is 31.2 Å². The van der Waals surface area contributed by atoms with E-state index >= 15 is 0 Å². The molecule has 1 unspecified atom stereocenters. The lowest BCUT2D eigenvalue weighted by Gasteiger charge is -2.13. The molecule has 0 aliphatic carbocycles. The summed E-state index contributed by atoms with van der Waals surface area (Å²) in [7, 11) is 1.28. The van der Waals surface area contributed by atoms with Crippen LogP contribution in [0.25, 0.3) is 0 Å².